The lowest BCUT2D eigenvalue weighted by atomic mass is 10.1. The predicted molar refractivity (Wildman–Crippen MR) is 122 cm³/mol. The Bertz CT molecular complexity index is 1120. The number of H-pyrrole nitrogens is 1. The molecule has 164 valence electrons. The third-order valence-corrected chi connectivity index (χ3v) is 5.28. The van der Waals surface area contributed by atoms with Gasteiger partial charge in [0.1, 0.15) is 11.6 Å². The SMILES string of the molecule is CC(C)(C)OC(=O)N[C@@H](Cc1c[nH]c2ccccc12)C(=O)Oc1cc(Cl)c(Cl)cc1Cl. The van der Waals surface area contributed by atoms with E-state index in [4.69, 9.17) is 44.3 Å². The highest BCUT2D eigenvalue weighted by molar-refractivity contribution is 6.43. The Labute approximate surface area is 194 Å². The van der Waals surface area contributed by atoms with Crippen molar-refractivity contribution in [1.29, 1.82) is 0 Å². The van der Waals surface area contributed by atoms with Gasteiger partial charge in [0.15, 0.2) is 5.75 Å². The number of hydrogen-bond donors (Lipinski definition) is 2. The Kier molecular flexibility index (Phi) is 7.04. The van der Waals surface area contributed by atoms with E-state index >= 15 is 0 Å². The van der Waals surface area contributed by atoms with Crippen LogP contribution in [0.3, 0.4) is 0 Å². The zero-order chi connectivity index (χ0) is 22.8. The first kappa shape index (κ1) is 23.3. The number of hydrogen-bond acceptors (Lipinski definition) is 4. The average Bonchev–Trinajstić information content (AvgIpc) is 3.07. The van der Waals surface area contributed by atoms with Gasteiger partial charge in [-0.15, -0.1) is 0 Å². The number of alkyl carbamates (subject to hydrolysis) is 1. The van der Waals surface area contributed by atoms with Crippen molar-refractivity contribution in [2.45, 2.75) is 38.8 Å². The van der Waals surface area contributed by atoms with Gasteiger partial charge in [0.2, 0.25) is 0 Å². The number of ether oxygens (including phenoxy) is 2. The summed E-state index contributed by atoms with van der Waals surface area (Å²) in [5.74, 6) is -0.688. The molecule has 9 heteroatoms. The lowest BCUT2D eigenvalue weighted by Gasteiger charge is -2.23. The molecule has 0 aliphatic heterocycles. The highest BCUT2D eigenvalue weighted by Gasteiger charge is 2.28. The van der Waals surface area contributed by atoms with Crippen LogP contribution in [0.25, 0.3) is 10.9 Å². The fourth-order valence-electron chi connectivity index (χ4n) is 2.93. The first-order chi connectivity index (χ1) is 14.5. The van der Waals surface area contributed by atoms with Gasteiger partial charge < -0.3 is 19.8 Å². The lowest BCUT2D eigenvalue weighted by molar-refractivity contribution is -0.136. The molecule has 0 fully saturated rings. The highest BCUT2D eigenvalue weighted by atomic mass is 35.5. The zero-order valence-corrected chi connectivity index (χ0v) is 19.4. The molecular weight excluding hydrogens is 463 g/mol. The number of benzene rings is 2. The van der Waals surface area contributed by atoms with Gasteiger partial charge in [0, 0.05) is 29.6 Å². The van der Waals surface area contributed by atoms with Gasteiger partial charge in [-0.3, -0.25) is 0 Å². The monoisotopic (exact) mass is 482 g/mol. The molecule has 0 saturated heterocycles. The van der Waals surface area contributed by atoms with Crippen molar-refractivity contribution in [3.8, 4) is 5.75 Å². The van der Waals surface area contributed by atoms with Gasteiger partial charge in [0.05, 0.1) is 15.1 Å². The van der Waals surface area contributed by atoms with Crippen molar-refractivity contribution in [1.82, 2.24) is 10.3 Å². The molecule has 0 radical (unpaired) electrons. The minimum Gasteiger partial charge on any atom is -0.444 e. The number of esters is 1. The van der Waals surface area contributed by atoms with E-state index in [0.717, 1.165) is 16.5 Å². The molecule has 1 heterocycles. The van der Waals surface area contributed by atoms with Crippen molar-refractivity contribution in [3.63, 3.8) is 0 Å². The summed E-state index contributed by atoms with van der Waals surface area (Å²) in [5, 5.41) is 4.05. The standard InChI is InChI=1S/C22H21Cl3N2O4/c1-22(2,3)31-21(29)27-18(8-12-11-26-17-7-5-4-6-13(12)17)20(28)30-19-10-15(24)14(23)9-16(19)25/h4-7,9-11,18,26H,8H2,1-3H3,(H,27,29)/t18-/m0/s1. The number of para-hydroxylation sites is 1. The van der Waals surface area contributed by atoms with E-state index in [2.05, 4.69) is 10.3 Å². The topological polar surface area (TPSA) is 80.4 Å². The molecular formula is C22H21Cl3N2O4. The molecule has 1 atom stereocenters. The number of rotatable bonds is 5. The molecule has 3 aromatic rings. The molecule has 1 amide bonds. The van der Waals surface area contributed by atoms with Crippen LogP contribution >= 0.6 is 34.8 Å². The number of carbonyl (C=O) groups excluding carboxylic acids is 2. The van der Waals surface area contributed by atoms with Crippen molar-refractivity contribution in [2.24, 2.45) is 0 Å². The molecule has 6 nitrogen and oxygen atoms in total. The maximum atomic E-state index is 13.0. The summed E-state index contributed by atoms with van der Waals surface area (Å²) < 4.78 is 10.7. The summed E-state index contributed by atoms with van der Waals surface area (Å²) in [6, 6.07) is 9.32. The molecule has 3 rings (SSSR count). The van der Waals surface area contributed by atoms with Crippen LogP contribution in [-0.4, -0.2) is 28.7 Å². The van der Waals surface area contributed by atoms with Crippen LogP contribution in [0.4, 0.5) is 4.79 Å². The summed E-state index contributed by atoms with van der Waals surface area (Å²) in [6.45, 7) is 5.19. The van der Waals surface area contributed by atoms with Crippen molar-refractivity contribution in [3.05, 3.63) is 63.2 Å². The minimum atomic E-state index is -1.04. The van der Waals surface area contributed by atoms with Crippen LogP contribution in [0, 0.1) is 0 Å². The molecule has 0 spiro atoms. The molecule has 31 heavy (non-hydrogen) atoms. The lowest BCUT2D eigenvalue weighted by Crippen LogP contribution is -2.46. The molecule has 0 saturated carbocycles. The molecule has 2 N–H and O–H groups in total. The second kappa shape index (κ2) is 9.39. The maximum Gasteiger partial charge on any atom is 0.408 e. The summed E-state index contributed by atoms with van der Waals surface area (Å²) in [6.07, 6.45) is 1.21. The first-order valence-electron chi connectivity index (χ1n) is 9.44. The van der Waals surface area contributed by atoms with E-state index < -0.39 is 23.7 Å². The molecule has 0 aliphatic carbocycles. The van der Waals surface area contributed by atoms with Gasteiger partial charge in [-0.2, -0.15) is 0 Å². The van der Waals surface area contributed by atoms with Gasteiger partial charge in [0.25, 0.3) is 0 Å². The largest absolute Gasteiger partial charge is 0.444 e. The van der Waals surface area contributed by atoms with Gasteiger partial charge in [-0.05, 0) is 38.5 Å². The summed E-state index contributed by atoms with van der Waals surface area (Å²) in [5.41, 5.74) is 1.01. The van der Waals surface area contributed by atoms with E-state index in [0.29, 0.717) is 0 Å². The second-order valence-corrected chi connectivity index (χ2v) is 9.10. The highest BCUT2D eigenvalue weighted by Crippen LogP contribution is 2.34. The van der Waals surface area contributed by atoms with E-state index in [1.807, 2.05) is 24.3 Å². The molecule has 1 aromatic heterocycles. The Morgan fingerprint density at radius 2 is 1.74 bits per heavy atom. The van der Waals surface area contributed by atoms with Crippen LogP contribution in [0.1, 0.15) is 26.3 Å². The van der Waals surface area contributed by atoms with E-state index in [1.54, 1.807) is 27.0 Å². The van der Waals surface area contributed by atoms with Crippen LogP contribution in [0.2, 0.25) is 15.1 Å². The Balaban J connectivity index is 1.86. The summed E-state index contributed by atoms with van der Waals surface area (Å²) >= 11 is 18.1. The number of aromatic amines is 1. The van der Waals surface area contributed by atoms with Crippen molar-refractivity contribution in [2.75, 3.05) is 0 Å². The summed E-state index contributed by atoms with van der Waals surface area (Å²) in [4.78, 5) is 28.5. The van der Waals surface area contributed by atoms with E-state index in [-0.39, 0.29) is 27.2 Å². The van der Waals surface area contributed by atoms with Crippen LogP contribution in [0.5, 0.6) is 5.75 Å². The molecule has 0 bridgehead atoms. The fourth-order valence-corrected chi connectivity index (χ4v) is 3.50. The van der Waals surface area contributed by atoms with Gasteiger partial charge in [-0.1, -0.05) is 53.0 Å². The molecule has 0 unspecified atom stereocenters. The number of fused-ring (bicyclic) bond motifs is 1. The first-order valence-corrected chi connectivity index (χ1v) is 10.6. The van der Waals surface area contributed by atoms with Crippen LogP contribution in [-0.2, 0) is 16.0 Å². The van der Waals surface area contributed by atoms with Crippen LogP contribution < -0.4 is 10.1 Å². The zero-order valence-electron chi connectivity index (χ0n) is 17.1. The smallest absolute Gasteiger partial charge is 0.408 e. The van der Waals surface area contributed by atoms with E-state index in [9.17, 15) is 9.59 Å². The van der Waals surface area contributed by atoms with Crippen molar-refractivity contribution >= 4 is 57.8 Å². The quantitative estimate of drug-likeness (QED) is 0.258. The summed E-state index contributed by atoms with van der Waals surface area (Å²) in [7, 11) is 0. The van der Waals surface area contributed by atoms with Gasteiger partial charge >= 0.3 is 12.1 Å². The maximum absolute atomic E-state index is 13.0. The molecule has 2 aromatic carbocycles. The number of halogens is 3. The number of amides is 1. The Morgan fingerprint density at radius 3 is 2.45 bits per heavy atom. The number of carbonyl (C=O) groups is 2. The normalized spacial score (nSPS) is 12.5. The minimum absolute atomic E-state index is 0.0379. The van der Waals surface area contributed by atoms with E-state index in [1.165, 1.54) is 12.1 Å². The predicted octanol–water partition coefficient (Wildman–Crippen LogP) is 6.17. The number of aromatic nitrogens is 1. The van der Waals surface area contributed by atoms with Crippen molar-refractivity contribution < 1.29 is 19.1 Å². The molecule has 0 aliphatic rings. The van der Waals surface area contributed by atoms with Gasteiger partial charge in [-0.25, -0.2) is 9.59 Å². The Morgan fingerprint density at radius 1 is 1.06 bits per heavy atom. The average molecular weight is 484 g/mol. The third kappa shape index (κ3) is 6.06. The van der Waals surface area contributed by atoms with Crippen LogP contribution in [0.15, 0.2) is 42.6 Å². The fraction of sp³-hybridized carbons (Fsp3) is 0.273. The second-order valence-electron chi connectivity index (χ2n) is 7.88. The third-order valence-electron chi connectivity index (χ3n) is 4.26. The Hall–Kier alpha value is -2.41. The number of nitrogens with one attached hydrogen (secondary N) is 2.